The van der Waals surface area contributed by atoms with E-state index >= 15 is 0 Å². The van der Waals surface area contributed by atoms with Gasteiger partial charge in [-0.1, -0.05) is 0 Å². The maximum Gasteiger partial charge on any atom is 0.257 e. The van der Waals surface area contributed by atoms with Crippen molar-refractivity contribution in [1.29, 1.82) is 0 Å². The smallest absolute Gasteiger partial charge is 0.257 e. The third kappa shape index (κ3) is 3.96. The quantitative estimate of drug-likeness (QED) is 0.549. The number of piperidine rings is 1. The highest BCUT2D eigenvalue weighted by Gasteiger charge is 2.15. The highest BCUT2D eigenvalue weighted by molar-refractivity contribution is 6.04. The normalized spacial score (nSPS) is 14.0. The summed E-state index contributed by atoms with van der Waals surface area (Å²) in [6.07, 6.45) is 10.5. The molecule has 31 heavy (non-hydrogen) atoms. The molecule has 1 N–H and O–H groups in total. The number of aromatic nitrogens is 5. The molecule has 1 amide bonds. The molecule has 0 bridgehead atoms. The van der Waals surface area contributed by atoms with Crippen molar-refractivity contribution in [3.8, 4) is 11.4 Å². The van der Waals surface area contributed by atoms with E-state index in [2.05, 4.69) is 25.2 Å². The number of carbonyl (C=O) groups is 1. The van der Waals surface area contributed by atoms with E-state index in [1.807, 2.05) is 29.8 Å². The van der Waals surface area contributed by atoms with Crippen LogP contribution in [-0.2, 0) is 7.05 Å². The van der Waals surface area contributed by atoms with Crippen molar-refractivity contribution in [2.24, 2.45) is 7.05 Å². The van der Waals surface area contributed by atoms with Gasteiger partial charge in [0, 0.05) is 49.5 Å². The topological polar surface area (TPSA) is 88.8 Å². The lowest BCUT2D eigenvalue weighted by atomic mass is 10.1. The lowest BCUT2D eigenvalue weighted by molar-refractivity contribution is 0.102. The van der Waals surface area contributed by atoms with Crippen LogP contribution in [0.4, 0.5) is 11.6 Å². The fourth-order valence-electron chi connectivity index (χ4n) is 3.88. The van der Waals surface area contributed by atoms with Gasteiger partial charge in [0.1, 0.15) is 11.6 Å². The Morgan fingerprint density at radius 3 is 2.71 bits per heavy atom. The predicted octanol–water partition coefficient (Wildman–Crippen LogP) is 3.67. The number of hydrogen-bond acceptors (Lipinski definition) is 6. The zero-order valence-electron chi connectivity index (χ0n) is 17.3. The largest absolute Gasteiger partial charge is 0.357 e. The molecule has 8 nitrogen and oxygen atoms in total. The van der Waals surface area contributed by atoms with E-state index in [0.717, 1.165) is 54.0 Å². The number of carbonyl (C=O) groups excluding carboxylic acids is 1. The molecular formula is C23H23N7O. The van der Waals surface area contributed by atoms with Crippen LogP contribution in [0.2, 0.25) is 0 Å². The summed E-state index contributed by atoms with van der Waals surface area (Å²) in [6, 6.07) is 9.28. The first-order chi connectivity index (χ1) is 15.2. The van der Waals surface area contributed by atoms with Crippen LogP contribution in [0.15, 0.2) is 55.2 Å². The Hall–Kier alpha value is -3.81. The number of anilines is 2. The Morgan fingerprint density at radius 2 is 1.90 bits per heavy atom. The summed E-state index contributed by atoms with van der Waals surface area (Å²) in [5, 5.41) is 3.80. The SMILES string of the molecule is Cn1cncc1-c1ccc2cnc(NC(=O)c3ccnc(N4CCCCC4)c3)cc2n1. The third-order valence-electron chi connectivity index (χ3n) is 5.58. The molecule has 1 fully saturated rings. The molecule has 0 aliphatic carbocycles. The van der Waals surface area contributed by atoms with Crippen LogP contribution in [0.3, 0.4) is 0 Å². The van der Waals surface area contributed by atoms with Crippen molar-refractivity contribution in [3.05, 3.63) is 60.8 Å². The van der Waals surface area contributed by atoms with Crippen molar-refractivity contribution >= 4 is 28.4 Å². The summed E-state index contributed by atoms with van der Waals surface area (Å²) in [7, 11) is 1.93. The van der Waals surface area contributed by atoms with E-state index in [0.29, 0.717) is 11.4 Å². The molecule has 0 radical (unpaired) electrons. The van der Waals surface area contributed by atoms with Crippen molar-refractivity contribution in [2.45, 2.75) is 19.3 Å². The van der Waals surface area contributed by atoms with Crippen LogP contribution in [0.5, 0.6) is 0 Å². The van der Waals surface area contributed by atoms with E-state index in [1.54, 1.807) is 37.1 Å². The van der Waals surface area contributed by atoms with Gasteiger partial charge in [-0.05, 0) is 43.5 Å². The predicted molar refractivity (Wildman–Crippen MR) is 120 cm³/mol. The third-order valence-corrected chi connectivity index (χ3v) is 5.58. The summed E-state index contributed by atoms with van der Waals surface area (Å²) < 4.78 is 1.92. The van der Waals surface area contributed by atoms with Gasteiger partial charge in [-0.2, -0.15) is 0 Å². The summed E-state index contributed by atoms with van der Waals surface area (Å²) in [5.41, 5.74) is 3.06. The lowest BCUT2D eigenvalue weighted by Crippen LogP contribution is -2.30. The monoisotopic (exact) mass is 413 g/mol. The number of aryl methyl sites for hydroxylation is 1. The first-order valence-corrected chi connectivity index (χ1v) is 10.4. The van der Waals surface area contributed by atoms with Gasteiger partial charge in [0.05, 0.1) is 29.4 Å². The van der Waals surface area contributed by atoms with Gasteiger partial charge >= 0.3 is 0 Å². The van der Waals surface area contributed by atoms with Gasteiger partial charge in [0.15, 0.2) is 0 Å². The number of nitrogens with zero attached hydrogens (tertiary/aromatic N) is 6. The summed E-state index contributed by atoms with van der Waals surface area (Å²) >= 11 is 0. The van der Waals surface area contributed by atoms with Crippen molar-refractivity contribution in [2.75, 3.05) is 23.3 Å². The van der Waals surface area contributed by atoms with Gasteiger partial charge in [-0.3, -0.25) is 4.79 Å². The number of nitrogens with one attached hydrogen (secondary N) is 1. The number of rotatable bonds is 4. The first-order valence-electron chi connectivity index (χ1n) is 10.4. The van der Waals surface area contributed by atoms with Crippen molar-refractivity contribution in [1.82, 2.24) is 24.5 Å². The van der Waals surface area contributed by atoms with Gasteiger partial charge in [0.2, 0.25) is 0 Å². The second-order valence-electron chi connectivity index (χ2n) is 7.75. The molecule has 0 saturated carbocycles. The van der Waals surface area contributed by atoms with Crippen LogP contribution in [0, 0.1) is 0 Å². The van der Waals surface area contributed by atoms with Gasteiger partial charge in [-0.15, -0.1) is 0 Å². The van der Waals surface area contributed by atoms with E-state index in [-0.39, 0.29) is 5.91 Å². The molecule has 4 aromatic heterocycles. The fraction of sp³-hybridized carbons (Fsp3) is 0.261. The average molecular weight is 413 g/mol. The Morgan fingerprint density at radius 1 is 1.03 bits per heavy atom. The maximum absolute atomic E-state index is 12.9. The maximum atomic E-state index is 12.9. The lowest BCUT2D eigenvalue weighted by Gasteiger charge is -2.27. The molecule has 0 aromatic carbocycles. The average Bonchev–Trinajstić information content (AvgIpc) is 3.25. The molecule has 1 aliphatic heterocycles. The molecule has 0 atom stereocenters. The number of fused-ring (bicyclic) bond motifs is 1. The fourth-order valence-corrected chi connectivity index (χ4v) is 3.88. The first kappa shape index (κ1) is 19.2. The Labute approximate surface area is 180 Å². The minimum Gasteiger partial charge on any atom is -0.357 e. The summed E-state index contributed by atoms with van der Waals surface area (Å²) in [5.74, 6) is 1.10. The zero-order chi connectivity index (χ0) is 21.2. The molecule has 5 rings (SSSR count). The number of pyridine rings is 3. The molecule has 1 saturated heterocycles. The molecule has 1 aliphatic rings. The minimum absolute atomic E-state index is 0.213. The molecule has 5 heterocycles. The second-order valence-corrected chi connectivity index (χ2v) is 7.75. The Bertz CT molecular complexity index is 1240. The van der Waals surface area contributed by atoms with Gasteiger partial charge in [0.25, 0.3) is 5.91 Å². The van der Waals surface area contributed by atoms with Gasteiger partial charge < -0.3 is 14.8 Å². The summed E-state index contributed by atoms with van der Waals surface area (Å²) in [6.45, 7) is 1.96. The molecule has 4 aromatic rings. The van der Waals surface area contributed by atoms with Crippen LogP contribution in [0.1, 0.15) is 29.6 Å². The standard InChI is InChI=1S/C23H23N7O/c1-29-15-24-14-20(29)18-6-5-17-13-26-21(12-19(17)27-18)28-23(31)16-7-8-25-22(11-16)30-9-3-2-4-10-30/h5-8,11-15H,2-4,9-10H2,1H3,(H,26,28,31). The molecule has 156 valence electrons. The van der Waals surface area contributed by atoms with Crippen molar-refractivity contribution in [3.63, 3.8) is 0 Å². The van der Waals surface area contributed by atoms with Crippen LogP contribution in [-0.4, -0.2) is 43.5 Å². The van der Waals surface area contributed by atoms with E-state index in [1.165, 1.54) is 6.42 Å². The molecule has 0 unspecified atom stereocenters. The van der Waals surface area contributed by atoms with E-state index < -0.39 is 0 Å². The summed E-state index contributed by atoms with van der Waals surface area (Å²) in [4.78, 5) is 32.8. The molecular weight excluding hydrogens is 390 g/mol. The van der Waals surface area contributed by atoms with Crippen LogP contribution < -0.4 is 10.2 Å². The van der Waals surface area contributed by atoms with E-state index in [9.17, 15) is 4.79 Å². The van der Waals surface area contributed by atoms with Gasteiger partial charge in [-0.25, -0.2) is 19.9 Å². The number of amides is 1. The molecule has 8 heteroatoms. The van der Waals surface area contributed by atoms with Crippen LogP contribution in [0.25, 0.3) is 22.3 Å². The highest BCUT2D eigenvalue weighted by atomic mass is 16.1. The number of imidazole rings is 1. The Kier molecular flexibility index (Phi) is 5.03. The highest BCUT2D eigenvalue weighted by Crippen LogP contribution is 2.22. The van der Waals surface area contributed by atoms with E-state index in [4.69, 9.17) is 4.98 Å². The second kappa shape index (κ2) is 8.14. The minimum atomic E-state index is -0.213. The number of hydrogen-bond donors (Lipinski definition) is 1. The Balaban J connectivity index is 1.38. The van der Waals surface area contributed by atoms with Crippen LogP contribution >= 0.6 is 0 Å². The molecule has 0 spiro atoms. The zero-order valence-corrected chi connectivity index (χ0v) is 17.3. The van der Waals surface area contributed by atoms with Crippen molar-refractivity contribution < 1.29 is 4.79 Å².